The Hall–Kier alpha value is -1.39. The summed E-state index contributed by atoms with van der Waals surface area (Å²) in [4.78, 5) is 13.0. The Morgan fingerprint density at radius 3 is 2.41 bits per heavy atom. The summed E-state index contributed by atoms with van der Waals surface area (Å²) in [6, 6.07) is 9.62. The van der Waals surface area contributed by atoms with Crippen LogP contribution in [0.5, 0.6) is 0 Å². The highest BCUT2D eigenvalue weighted by molar-refractivity contribution is 5.77. The van der Waals surface area contributed by atoms with E-state index < -0.39 is 5.54 Å². The third-order valence-corrected chi connectivity index (χ3v) is 2.86. The first-order chi connectivity index (χ1) is 7.99. The molecule has 0 aliphatic rings. The van der Waals surface area contributed by atoms with Crippen molar-refractivity contribution in [2.75, 3.05) is 27.2 Å². The van der Waals surface area contributed by atoms with E-state index in [0.717, 1.165) is 5.56 Å². The number of nitrogens with one attached hydrogen (secondary N) is 1. The van der Waals surface area contributed by atoms with Gasteiger partial charge in [-0.05, 0) is 12.5 Å². The highest BCUT2D eigenvalue weighted by Gasteiger charge is 2.25. The molecule has 0 aromatic heterocycles. The van der Waals surface area contributed by atoms with Gasteiger partial charge in [-0.1, -0.05) is 30.3 Å². The van der Waals surface area contributed by atoms with Gasteiger partial charge in [0.15, 0.2) is 0 Å². The minimum atomic E-state index is -0.590. The molecule has 1 amide bonds. The zero-order valence-electron chi connectivity index (χ0n) is 10.6. The molecule has 0 bridgehead atoms. The zero-order chi connectivity index (χ0) is 12.9. The van der Waals surface area contributed by atoms with Gasteiger partial charge in [0.05, 0.1) is 18.7 Å². The zero-order valence-corrected chi connectivity index (χ0v) is 10.6. The summed E-state index contributed by atoms with van der Waals surface area (Å²) in [6.07, 6.45) is 0. The number of aliphatic hydroxyl groups excluding tert-OH is 1. The molecule has 0 heterocycles. The number of carbonyl (C=O) groups excluding carboxylic acids is 1. The molecule has 1 aromatic rings. The Morgan fingerprint density at radius 2 is 1.94 bits per heavy atom. The topological polar surface area (TPSA) is 52.6 Å². The largest absolute Gasteiger partial charge is 0.394 e. The van der Waals surface area contributed by atoms with E-state index in [9.17, 15) is 9.90 Å². The number of rotatable bonds is 5. The van der Waals surface area contributed by atoms with Crippen LogP contribution in [0.4, 0.5) is 0 Å². The quantitative estimate of drug-likeness (QED) is 0.786. The SMILES string of the molecule is CN(C)C(=O)CNC(C)(CO)c1ccccc1. The van der Waals surface area contributed by atoms with Crippen molar-refractivity contribution in [2.24, 2.45) is 0 Å². The Bertz CT molecular complexity index is 365. The fraction of sp³-hybridized carbons (Fsp3) is 0.462. The molecule has 0 saturated carbocycles. The third kappa shape index (κ3) is 3.54. The van der Waals surface area contributed by atoms with Crippen molar-refractivity contribution >= 4 is 5.91 Å². The van der Waals surface area contributed by atoms with E-state index >= 15 is 0 Å². The van der Waals surface area contributed by atoms with Gasteiger partial charge in [-0.25, -0.2) is 0 Å². The van der Waals surface area contributed by atoms with Gasteiger partial charge in [0.1, 0.15) is 0 Å². The highest BCUT2D eigenvalue weighted by atomic mass is 16.3. The van der Waals surface area contributed by atoms with Gasteiger partial charge in [0.2, 0.25) is 5.91 Å². The van der Waals surface area contributed by atoms with E-state index in [4.69, 9.17) is 0 Å². The Balaban J connectivity index is 2.73. The Morgan fingerprint density at radius 1 is 1.35 bits per heavy atom. The normalized spacial score (nSPS) is 14.1. The molecule has 0 aliphatic carbocycles. The van der Waals surface area contributed by atoms with Crippen molar-refractivity contribution in [1.82, 2.24) is 10.2 Å². The van der Waals surface area contributed by atoms with Crippen molar-refractivity contribution in [3.05, 3.63) is 35.9 Å². The second kappa shape index (κ2) is 5.80. The molecule has 0 fully saturated rings. The lowest BCUT2D eigenvalue weighted by Gasteiger charge is -2.29. The number of nitrogens with zero attached hydrogens (tertiary/aromatic N) is 1. The molecule has 2 N–H and O–H groups in total. The van der Waals surface area contributed by atoms with Crippen LogP contribution in [0.1, 0.15) is 12.5 Å². The fourth-order valence-corrected chi connectivity index (χ4v) is 1.48. The van der Waals surface area contributed by atoms with E-state index in [2.05, 4.69) is 5.32 Å². The fourth-order valence-electron chi connectivity index (χ4n) is 1.48. The van der Waals surface area contributed by atoms with Gasteiger partial charge >= 0.3 is 0 Å². The van der Waals surface area contributed by atoms with E-state index in [1.807, 2.05) is 37.3 Å². The van der Waals surface area contributed by atoms with Crippen LogP contribution in [0.25, 0.3) is 0 Å². The predicted octanol–water partition coefficient (Wildman–Crippen LogP) is 0.572. The smallest absolute Gasteiger partial charge is 0.236 e. The summed E-state index contributed by atoms with van der Waals surface area (Å²) in [5.74, 6) is -0.0133. The molecule has 94 valence electrons. The monoisotopic (exact) mass is 236 g/mol. The molecule has 0 aliphatic heterocycles. The summed E-state index contributed by atoms with van der Waals surface area (Å²) in [5, 5.41) is 12.6. The van der Waals surface area contributed by atoms with E-state index in [1.165, 1.54) is 4.90 Å². The summed E-state index contributed by atoms with van der Waals surface area (Å²) < 4.78 is 0. The van der Waals surface area contributed by atoms with Crippen LogP contribution in [0.3, 0.4) is 0 Å². The summed E-state index contributed by atoms with van der Waals surface area (Å²) in [7, 11) is 3.42. The Labute approximate surface area is 102 Å². The van der Waals surface area contributed by atoms with Crippen LogP contribution in [-0.4, -0.2) is 43.2 Å². The highest BCUT2D eigenvalue weighted by Crippen LogP contribution is 2.19. The van der Waals surface area contributed by atoms with Gasteiger partial charge < -0.3 is 10.0 Å². The average Bonchev–Trinajstić information content (AvgIpc) is 2.36. The van der Waals surface area contributed by atoms with Gasteiger partial charge in [-0.15, -0.1) is 0 Å². The minimum Gasteiger partial charge on any atom is -0.394 e. The maximum atomic E-state index is 11.5. The summed E-state index contributed by atoms with van der Waals surface area (Å²) in [6.45, 7) is 2.03. The minimum absolute atomic E-state index is 0.0133. The molecule has 0 saturated heterocycles. The average molecular weight is 236 g/mol. The van der Waals surface area contributed by atoms with E-state index in [1.54, 1.807) is 14.1 Å². The van der Waals surface area contributed by atoms with Crippen molar-refractivity contribution in [2.45, 2.75) is 12.5 Å². The number of aliphatic hydroxyl groups is 1. The van der Waals surface area contributed by atoms with Crippen LogP contribution >= 0.6 is 0 Å². The maximum absolute atomic E-state index is 11.5. The lowest BCUT2D eigenvalue weighted by Crippen LogP contribution is -2.47. The summed E-state index contributed by atoms with van der Waals surface area (Å²) in [5.41, 5.74) is 0.376. The first kappa shape index (κ1) is 13.7. The van der Waals surface area contributed by atoms with Crippen molar-refractivity contribution in [3.8, 4) is 0 Å². The second-order valence-corrected chi connectivity index (χ2v) is 4.50. The molecule has 1 aromatic carbocycles. The van der Waals surface area contributed by atoms with Gasteiger partial charge in [0.25, 0.3) is 0 Å². The van der Waals surface area contributed by atoms with Gasteiger partial charge in [0, 0.05) is 14.1 Å². The van der Waals surface area contributed by atoms with Crippen molar-refractivity contribution < 1.29 is 9.90 Å². The first-order valence-electron chi connectivity index (χ1n) is 5.61. The summed E-state index contributed by atoms with van der Waals surface area (Å²) >= 11 is 0. The van der Waals surface area contributed by atoms with E-state index in [-0.39, 0.29) is 19.1 Å². The molecule has 1 unspecified atom stereocenters. The molecule has 0 spiro atoms. The second-order valence-electron chi connectivity index (χ2n) is 4.50. The van der Waals surface area contributed by atoms with Crippen LogP contribution in [0, 0.1) is 0 Å². The molecular weight excluding hydrogens is 216 g/mol. The van der Waals surface area contributed by atoms with Crippen LogP contribution in [0.15, 0.2) is 30.3 Å². The van der Waals surface area contributed by atoms with Crippen LogP contribution in [-0.2, 0) is 10.3 Å². The molecule has 0 radical (unpaired) electrons. The third-order valence-electron chi connectivity index (χ3n) is 2.86. The number of carbonyl (C=O) groups is 1. The van der Waals surface area contributed by atoms with Crippen LogP contribution in [0.2, 0.25) is 0 Å². The molecular formula is C13H20N2O2. The number of amides is 1. The molecule has 1 rings (SSSR count). The van der Waals surface area contributed by atoms with E-state index in [0.29, 0.717) is 0 Å². The van der Waals surface area contributed by atoms with Gasteiger partial charge in [-0.3, -0.25) is 10.1 Å². The van der Waals surface area contributed by atoms with Crippen LogP contribution < -0.4 is 5.32 Å². The first-order valence-corrected chi connectivity index (χ1v) is 5.61. The predicted molar refractivity (Wildman–Crippen MR) is 67.6 cm³/mol. The molecule has 4 heteroatoms. The Kier molecular flexibility index (Phi) is 4.66. The molecule has 17 heavy (non-hydrogen) atoms. The lowest BCUT2D eigenvalue weighted by molar-refractivity contribution is -0.128. The van der Waals surface area contributed by atoms with Gasteiger partial charge in [-0.2, -0.15) is 0 Å². The van der Waals surface area contributed by atoms with Crippen molar-refractivity contribution in [1.29, 1.82) is 0 Å². The number of benzene rings is 1. The number of likely N-dealkylation sites (N-methyl/N-ethyl adjacent to an activating group) is 1. The standard InChI is InChI=1S/C13H20N2O2/c1-13(10-16,11-7-5-4-6-8-11)14-9-12(17)15(2)3/h4-8,14,16H,9-10H2,1-3H3. The number of hydrogen-bond acceptors (Lipinski definition) is 3. The van der Waals surface area contributed by atoms with Crippen molar-refractivity contribution in [3.63, 3.8) is 0 Å². The molecule has 4 nitrogen and oxygen atoms in total. The molecule has 1 atom stereocenters. The maximum Gasteiger partial charge on any atom is 0.236 e. The number of hydrogen-bond donors (Lipinski definition) is 2. The lowest BCUT2D eigenvalue weighted by atomic mass is 9.93.